The molecule has 1 saturated heterocycles. The molecule has 0 unspecified atom stereocenters. The Labute approximate surface area is 138 Å². The monoisotopic (exact) mass is 337 g/mol. The minimum absolute atomic E-state index is 0.138. The predicted molar refractivity (Wildman–Crippen MR) is 89.3 cm³/mol. The lowest BCUT2D eigenvalue weighted by atomic mass is 10.2. The van der Waals surface area contributed by atoms with Crippen LogP contribution in [0.15, 0.2) is 24.4 Å². The third kappa shape index (κ3) is 3.62. The quantitative estimate of drug-likeness (QED) is 0.894. The Kier molecular flexibility index (Phi) is 4.78. The van der Waals surface area contributed by atoms with Crippen LogP contribution in [0.25, 0.3) is 0 Å². The van der Waals surface area contributed by atoms with Gasteiger partial charge in [0.1, 0.15) is 0 Å². The van der Waals surface area contributed by atoms with Crippen LogP contribution in [0.1, 0.15) is 0 Å². The number of morpholine rings is 1. The zero-order valence-corrected chi connectivity index (χ0v) is 13.4. The normalized spacial score (nSPS) is 14.7. The molecule has 0 atom stereocenters. The summed E-state index contributed by atoms with van der Waals surface area (Å²) < 4.78 is 18.7. The van der Waals surface area contributed by atoms with E-state index in [4.69, 9.17) is 16.3 Å². The Morgan fingerprint density at radius 2 is 2.09 bits per heavy atom. The largest absolute Gasteiger partial charge is 0.378 e. The summed E-state index contributed by atoms with van der Waals surface area (Å²) in [5.41, 5.74) is 1.71. The van der Waals surface area contributed by atoms with Crippen molar-refractivity contribution in [3.8, 4) is 0 Å². The number of benzene rings is 1. The summed E-state index contributed by atoms with van der Waals surface area (Å²) in [7, 11) is 1.60. The molecule has 0 spiro atoms. The first-order valence-electron chi connectivity index (χ1n) is 7.27. The number of nitrogens with zero attached hydrogens (tertiary/aromatic N) is 3. The maximum Gasteiger partial charge on any atom is 0.229 e. The Morgan fingerprint density at radius 3 is 2.78 bits per heavy atom. The molecule has 1 aliphatic heterocycles. The van der Waals surface area contributed by atoms with Crippen molar-refractivity contribution in [2.24, 2.45) is 0 Å². The molecule has 1 fully saturated rings. The number of ether oxygens (including phenoxy) is 1. The number of halogens is 2. The van der Waals surface area contributed by atoms with Crippen LogP contribution in [-0.2, 0) is 4.74 Å². The molecule has 2 heterocycles. The second-order valence-electron chi connectivity index (χ2n) is 5.03. The molecule has 1 aromatic carbocycles. The fourth-order valence-corrected chi connectivity index (χ4v) is 2.68. The first-order valence-corrected chi connectivity index (χ1v) is 7.65. The number of anilines is 4. The summed E-state index contributed by atoms with van der Waals surface area (Å²) in [5, 5.41) is 6.33. The van der Waals surface area contributed by atoms with Gasteiger partial charge in [-0.1, -0.05) is 11.6 Å². The van der Waals surface area contributed by atoms with Crippen molar-refractivity contribution in [3.05, 3.63) is 35.2 Å². The highest BCUT2D eigenvalue weighted by molar-refractivity contribution is 6.33. The molecular formula is C15H17ClFN5O. The maximum atomic E-state index is 13.4. The van der Waals surface area contributed by atoms with E-state index in [9.17, 15) is 4.39 Å². The molecule has 2 N–H and O–H groups in total. The summed E-state index contributed by atoms with van der Waals surface area (Å²) in [4.78, 5) is 10.2. The van der Waals surface area contributed by atoms with Crippen LogP contribution in [0.5, 0.6) is 0 Å². The van der Waals surface area contributed by atoms with Crippen molar-refractivity contribution in [2.75, 3.05) is 48.9 Å². The van der Waals surface area contributed by atoms with Gasteiger partial charge in [0.2, 0.25) is 5.95 Å². The molecular weight excluding hydrogens is 321 g/mol. The summed E-state index contributed by atoms with van der Waals surface area (Å²) >= 11 is 6.38. The van der Waals surface area contributed by atoms with Crippen molar-refractivity contribution in [3.63, 3.8) is 0 Å². The predicted octanol–water partition coefficient (Wildman–Crippen LogP) is 2.89. The van der Waals surface area contributed by atoms with E-state index in [1.807, 2.05) is 12.1 Å². The fourth-order valence-electron chi connectivity index (χ4n) is 2.38. The molecule has 1 aliphatic rings. The molecule has 0 aliphatic carbocycles. The van der Waals surface area contributed by atoms with E-state index in [0.29, 0.717) is 24.2 Å². The van der Waals surface area contributed by atoms with Gasteiger partial charge >= 0.3 is 0 Å². The Morgan fingerprint density at radius 1 is 1.30 bits per heavy atom. The van der Waals surface area contributed by atoms with Gasteiger partial charge < -0.3 is 20.3 Å². The van der Waals surface area contributed by atoms with Gasteiger partial charge in [0.25, 0.3) is 0 Å². The first-order chi connectivity index (χ1) is 11.2. The van der Waals surface area contributed by atoms with Gasteiger partial charge in [0.05, 0.1) is 30.1 Å². The van der Waals surface area contributed by atoms with Gasteiger partial charge in [-0.25, -0.2) is 9.37 Å². The van der Waals surface area contributed by atoms with Gasteiger partial charge in [-0.2, -0.15) is 4.98 Å². The van der Waals surface area contributed by atoms with Crippen molar-refractivity contribution >= 4 is 34.7 Å². The van der Waals surface area contributed by atoms with Crippen molar-refractivity contribution in [1.82, 2.24) is 9.97 Å². The molecule has 6 nitrogen and oxygen atoms in total. The topological polar surface area (TPSA) is 62.3 Å². The average Bonchev–Trinajstić information content (AvgIpc) is 2.57. The first kappa shape index (κ1) is 15.8. The smallest absolute Gasteiger partial charge is 0.229 e. The third-order valence-electron chi connectivity index (χ3n) is 3.54. The Bertz CT molecular complexity index is 694. The average molecular weight is 338 g/mol. The van der Waals surface area contributed by atoms with Gasteiger partial charge in [-0.05, 0) is 18.2 Å². The van der Waals surface area contributed by atoms with Crippen molar-refractivity contribution in [1.29, 1.82) is 0 Å². The van der Waals surface area contributed by atoms with Crippen LogP contribution in [0.4, 0.5) is 27.5 Å². The second kappa shape index (κ2) is 6.97. The lowest BCUT2D eigenvalue weighted by Crippen LogP contribution is -2.36. The molecule has 0 radical (unpaired) electrons. The van der Waals surface area contributed by atoms with E-state index in [1.165, 1.54) is 0 Å². The van der Waals surface area contributed by atoms with Gasteiger partial charge in [0, 0.05) is 25.8 Å². The summed E-state index contributed by atoms with van der Waals surface area (Å²) in [6.07, 6.45) is 1.12. The van der Waals surface area contributed by atoms with Crippen LogP contribution in [0, 0.1) is 5.82 Å². The van der Waals surface area contributed by atoms with Crippen LogP contribution in [-0.4, -0.2) is 43.3 Å². The summed E-state index contributed by atoms with van der Waals surface area (Å²) in [6.45, 7) is 3.04. The van der Waals surface area contributed by atoms with Gasteiger partial charge in [0.15, 0.2) is 11.6 Å². The lowest BCUT2D eigenvalue weighted by Gasteiger charge is -2.29. The molecule has 23 heavy (non-hydrogen) atoms. The Balaban J connectivity index is 1.77. The molecule has 3 rings (SSSR count). The minimum atomic E-state index is -0.501. The number of hydrogen-bond acceptors (Lipinski definition) is 6. The lowest BCUT2D eigenvalue weighted by molar-refractivity contribution is 0.122. The van der Waals surface area contributed by atoms with Gasteiger partial charge in [-0.3, -0.25) is 0 Å². The van der Waals surface area contributed by atoms with E-state index in [2.05, 4.69) is 25.5 Å². The number of aromatic nitrogens is 2. The third-order valence-corrected chi connectivity index (χ3v) is 3.84. The van der Waals surface area contributed by atoms with E-state index in [1.54, 1.807) is 13.1 Å². The molecule has 0 amide bonds. The zero-order chi connectivity index (χ0) is 16.2. The zero-order valence-electron chi connectivity index (χ0n) is 12.6. The SMILES string of the molecule is CNc1nc(Nc2ccc(N3CCOCC3)c(Cl)c2)ncc1F. The highest BCUT2D eigenvalue weighted by atomic mass is 35.5. The molecule has 0 bridgehead atoms. The summed E-state index contributed by atoms with van der Waals surface area (Å²) in [6, 6.07) is 5.64. The number of hydrogen-bond donors (Lipinski definition) is 2. The van der Waals surface area contributed by atoms with Crippen LogP contribution in [0.3, 0.4) is 0 Å². The summed E-state index contributed by atoms with van der Waals surface area (Å²) in [5.74, 6) is -0.0665. The van der Waals surface area contributed by atoms with E-state index >= 15 is 0 Å². The number of nitrogens with one attached hydrogen (secondary N) is 2. The number of rotatable bonds is 4. The van der Waals surface area contributed by atoms with Crippen LogP contribution >= 0.6 is 11.6 Å². The highest BCUT2D eigenvalue weighted by Crippen LogP contribution is 2.30. The fraction of sp³-hybridized carbons (Fsp3) is 0.333. The van der Waals surface area contributed by atoms with E-state index in [-0.39, 0.29) is 5.82 Å². The molecule has 8 heteroatoms. The standard InChI is InChI=1S/C15H17ClFN5O/c1-18-14-12(17)9-19-15(21-14)20-10-2-3-13(11(16)8-10)22-4-6-23-7-5-22/h2-3,8-9H,4-7H2,1H3,(H2,18,19,20,21). The van der Waals surface area contributed by atoms with Crippen molar-refractivity contribution in [2.45, 2.75) is 0 Å². The molecule has 2 aromatic rings. The molecule has 122 valence electrons. The molecule has 0 saturated carbocycles. The van der Waals surface area contributed by atoms with E-state index < -0.39 is 5.82 Å². The van der Waals surface area contributed by atoms with Crippen LogP contribution in [0.2, 0.25) is 5.02 Å². The van der Waals surface area contributed by atoms with Crippen molar-refractivity contribution < 1.29 is 9.13 Å². The minimum Gasteiger partial charge on any atom is -0.378 e. The second-order valence-corrected chi connectivity index (χ2v) is 5.44. The Hall–Kier alpha value is -2.12. The molecule has 1 aromatic heterocycles. The van der Waals surface area contributed by atoms with Gasteiger partial charge in [-0.15, -0.1) is 0 Å². The maximum absolute atomic E-state index is 13.4. The van der Waals surface area contributed by atoms with Crippen LogP contribution < -0.4 is 15.5 Å². The highest BCUT2D eigenvalue weighted by Gasteiger charge is 2.14. The van der Waals surface area contributed by atoms with E-state index in [0.717, 1.165) is 30.7 Å².